The van der Waals surface area contributed by atoms with E-state index in [0.29, 0.717) is 38.0 Å². The summed E-state index contributed by atoms with van der Waals surface area (Å²) in [4.78, 5) is 34.3. The zero-order chi connectivity index (χ0) is 24.0. The molecule has 3 N–H and O–H groups in total. The van der Waals surface area contributed by atoms with Crippen molar-refractivity contribution in [2.24, 2.45) is 23.2 Å². The van der Waals surface area contributed by atoms with E-state index in [4.69, 9.17) is 19.7 Å². The predicted octanol–water partition coefficient (Wildman–Crippen LogP) is 3.50. The zero-order valence-corrected chi connectivity index (χ0v) is 19.8. The van der Waals surface area contributed by atoms with E-state index in [1.54, 1.807) is 0 Å². The van der Waals surface area contributed by atoms with Gasteiger partial charge in [0.15, 0.2) is 0 Å². The summed E-state index contributed by atoms with van der Waals surface area (Å²) < 4.78 is 10.9. The second kappa shape index (κ2) is 15.0. The maximum Gasteiger partial charge on any atom is 0.305 e. The lowest BCUT2D eigenvalue weighted by molar-refractivity contribution is -0.139. The maximum absolute atomic E-state index is 13.0. The summed E-state index contributed by atoms with van der Waals surface area (Å²) in [6.07, 6.45) is 8.51. The lowest BCUT2D eigenvalue weighted by atomic mass is 9.74. The molecule has 2 unspecified atom stereocenters. The Bertz CT molecular complexity index is 597. The molecule has 8 nitrogen and oxygen atoms in total. The highest BCUT2D eigenvalue weighted by atomic mass is 16.5. The molecule has 1 rings (SSSR count). The first-order valence-corrected chi connectivity index (χ1v) is 11.7. The van der Waals surface area contributed by atoms with Crippen LogP contribution < -0.4 is 5.32 Å². The smallest absolute Gasteiger partial charge is 0.305 e. The average Bonchev–Trinajstić information content (AvgIpc) is 2.70. The Labute approximate surface area is 191 Å². The quantitative estimate of drug-likeness (QED) is 0.255. The van der Waals surface area contributed by atoms with Crippen LogP contribution in [0.25, 0.3) is 0 Å². The van der Waals surface area contributed by atoms with Crippen LogP contribution in [0.3, 0.4) is 0 Å². The third-order valence-corrected chi connectivity index (χ3v) is 6.15. The van der Waals surface area contributed by atoms with Crippen molar-refractivity contribution >= 4 is 17.8 Å². The van der Waals surface area contributed by atoms with E-state index >= 15 is 0 Å². The second-order valence-electron chi connectivity index (χ2n) is 9.32. The number of carbonyl (C=O) groups is 3. The molecule has 0 bridgehead atoms. The number of rotatable bonds is 15. The number of ether oxygens (including phenoxy) is 2. The van der Waals surface area contributed by atoms with Crippen LogP contribution in [-0.2, 0) is 23.9 Å². The van der Waals surface area contributed by atoms with Gasteiger partial charge in [-0.3, -0.25) is 14.4 Å². The zero-order valence-electron chi connectivity index (χ0n) is 19.8. The summed E-state index contributed by atoms with van der Waals surface area (Å²) in [7, 11) is 0. The number of carbonyl (C=O) groups excluding carboxylic acids is 1. The lowest BCUT2D eigenvalue weighted by Gasteiger charge is -2.32. The Balaban J connectivity index is 2.51. The minimum Gasteiger partial charge on any atom is -0.481 e. The number of hydrogen-bond acceptors (Lipinski definition) is 5. The molecule has 0 aromatic rings. The van der Waals surface area contributed by atoms with E-state index < -0.39 is 17.4 Å². The van der Waals surface area contributed by atoms with Crippen molar-refractivity contribution in [2.45, 2.75) is 65.7 Å². The molecule has 0 saturated heterocycles. The number of aliphatic carboxylic acids is 2. The van der Waals surface area contributed by atoms with E-state index in [-0.39, 0.29) is 37.9 Å². The van der Waals surface area contributed by atoms with Crippen molar-refractivity contribution in [3.63, 3.8) is 0 Å². The molecule has 2 atom stereocenters. The molecular formula is C24H41NO7. The first-order chi connectivity index (χ1) is 15.1. The first-order valence-electron chi connectivity index (χ1n) is 11.7. The standard InChI is InChI=1S/C24H41NO7/c1-18(2)20-6-4-5-11-24(3,12-7-20)23(30)25-13-8-19(16-31-14-9-21(26)27)17-32-15-10-22(28)29/h4,6,18-20H,5,7-17H2,1-3H3,(H,25,30)(H,26,27)(H,28,29)/b6-4+. The predicted molar refractivity (Wildman–Crippen MR) is 121 cm³/mol. The number of carboxylic acids is 2. The minimum absolute atomic E-state index is 0.0590. The van der Waals surface area contributed by atoms with Gasteiger partial charge < -0.3 is 25.0 Å². The Morgan fingerprint density at radius 1 is 1.06 bits per heavy atom. The van der Waals surface area contributed by atoms with E-state index in [1.807, 2.05) is 6.92 Å². The summed E-state index contributed by atoms with van der Waals surface area (Å²) in [5.41, 5.74) is -0.399. The van der Waals surface area contributed by atoms with Gasteiger partial charge in [-0.15, -0.1) is 0 Å². The molecule has 0 saturated carbocycles. The van der Waals surface area contributed by atoms with Gasteiger partial charge in [-0.05, 0) is 43.9 Å². The van der Waals surface area contributed by atoms with E-state index in [2.05, 4.69) is 31.3 Å². The normalized spacial score (nSPS) is 22.3. The number of hydrogen-bond donors (Lipinski definition) is 3. The fourth-order valence-electron chi connectivity index (χ4n) is 3.80. The Morgan fingerprint density at radius 3 is 2.19 bits per heavy atom. The molecule has 0 aromatic heterocycles. The molecular weight excluding hydrogens is 414 g/mol. The molecule has 1 aliphatic rings. The van der Waals surface area contributed by atoms with Crippen LogP contribution >= 0.6 is 0 Å². The van der Waals surface area contributed by atoms with Gasteiger partial charge in [-0.1, -0.05) is 32.9 Å². The van der Waals surface area contributed by atoms with Gasteiger partial charge in [0, 0.05) is 17.9 Å². The first kappa shape index (κ1) is 28.1. The maximum atomic E-state index is 13.0. The summed E-state index contributed by atoms with van der Waals surface area (Å²) in [6, 6.07) is 0. The fourth-order valence-corrected chi connectivity index (χ4v) is 3.80. The second-order valence-corrected chi connectivity index (χ2v) is 9.32. The van der Waals surface area contributed by atoms with Crippen LogP contribution in [-0.4, -0.2) is 61.0 Å². The van der Waals surface area contributed by atoms with Crippen LogP contribution in [0.5, 0.6) is 0 Å². The third kappa shape index (κ3) is 11.6. The van der Waals surface area contributed by atoms with Crippen LogP contribution in [0.4, 0.5) is 0 Å². The summed E-state index contributed by atoms with van der Waals surface area (Å²) in [5.74, 6) is -0.789. The Kier molecular flexibility index (Phi) is 13.2. The van der Waals surface area contributed by atoms with Gasteiger partial charge in [-0.25, -0.2) is 0 Å². The average molecular weight is 456 g/mol. The van der Waals surface area contributed by atoms with Gasteiger partial charge in [-0.2, -0.15) is 0 Å². The molecule has 32 heavy (non-hydrogen) atoms. The van der Waals surface area contributed by atoms with Crippen molar-refractivity contribution in [1.29, 1.82) is 0 Å². The SMILES string of the molecule is CC(C)C1/C=C/CCC(C)(C(=O)NCCC(COCCC(=O)O)COCCC(=O)O)CC1. The van der Waals surface area contributed by atoms with E-state index in [1.165, 1.54) is 0 Å². The number of allylic oxidation sites excluding steroid dienone is 2. The highest BCUT2D eigenvalue weighted by Gasteiger charge is 2.33. The van der Waals surface area contributed by atoms with Crippen molar-refractivity contribution < 1.29 is 34.1 Å². The number of carboxylic acid groups (broad SMARTS) is 2. The summed E-state index contributed by atoms with van der Waals surface area (Å²) in [5, 5.41) is 20.5. The van der Waals surface area contributed by atoms with Crippen molar-refractivity contribution in [3.05, 3.63) is 12.2 Å². The van der Waals surface area contributed by atoms with Crippen molar-refractivity contribution in [3.8, 4) is 0 Å². The third-order valence-electron chi connectivity index (χ3n) is 6.15. The highest BCUT2D eigenvalue weighted by Crippen LogP contribution is 2.35. The van der Waals surface area contributed by atoms with E-state index in [0.717, 1.165) is 25.7 Å². The molecule has 0 heterocycles. The monoisotopic (exact) mass is 455 g/mol. The number of amides is 1. The fraction of sp³-hybridized carbons (Fsp3) is 0.792. The molecule has 0 aliphatic heterocycles. The van der Waals surface area contributed by atoms with Crippen LogP contribution in [0, 0.1) is 23.2 Å². The van der Waals surface area contributed by atoms with Crippen LogP contribution in [0.1, 0.15) is 65.7 Å². The number of nitrogens with one attached hydrogen (secondary N) is 1. The van der Waals surface area contributed by atoms with Gasteiger partial charge >= 0.3 is 11.9 Å². The van der Waals surface area contributed by atoms with Crippen LogP contribution in [0.2, 0.25) is 0 Å². The van der Waals surface area contributed by atoms with Gasteiger partial charge in [0.25, 0.3) is 0 Å². The van der Waals surface area contributed by atoms with Gasteiger partial charge in [0.05, 0.1) is 39.3 Å². The highest BCUT2D eigenvalue weighted by molar-refractivity contribution is 5.82. The summed E-state index contributed by atoms with van der Waals surface area (Å²) in [6.45, 7) is 7.75. The van der Waals surface area contributed by atoms with Crippen molar-refractivity contribution in [1.82, 2.24) is 5.32 Å². The largest absolute Gasteiger partial charge is 0.481 e. The topological polar surface area (TPSA) is 122 Å². The Hall–Kier alpha value is -1.93. The minimum atomic E-state index is -0.923. The molecule has 8 heteroatoms. The molecule has 1 aliphatic carbocycles. The molecule has 0 spiro atoms. The molecule has 0 aromatic carbocycles. The molecule has 184 valence electrons. The Morgan fingerprint density at radius 2 is 1.66 bits per heavy atom. The summed E-state index contributed by atoms with van der Waals surface area (Å²) >= 11 is 0. The van der Waals surface area contributed by atoms with Crippen LogP contribution in [0.15, 0.2) is 12.2 Å². The molecule has 0 radical (unpaired) electrons. The van der Waals surface area contributed by atoms with Gasteiger partial charge in [0.1, 0.15) is 0 Å². The van der Waals surface area contributed by atoms with Crippen molar-refractivity contribution in [2.75, 3.05) is 33.0 Å². The molecule has 0 fully saturated rings. The lowest BCUT2D eigenvalue weighted by Crippen LogP contribution is -2.41. The van der Waals surface area contributed by atoms with E-state index in [9.17, 15) is 14.4 Å². The van der Waals surface area contributed by atoms with Gasteiger partial charge in [0.2, 0.25) is 5.91 Å². The molecule has 1 amide bonds.